The van der Waals surface area contributed by atoms with Gasteiger partial charge in [0.15, 0.2) is 0 Å². The Morgan fingerprint density at radius 2 is 1.65 bits per heavy atom. The topological polar surface area (TPSA) is 72.2 Å². The SMILES string of the molecule is Cl.Nc1cccc2cc(S(=O)(=O)NCc3ccccc3)ccc12. The number of hydrogen-bond acceptors (Lipinski definition) is 3. The average molecular weight is 349 g/mol. The van der Waals surface area contributed by atoms with Crippen molar-refractivity contribution in [2.24, 2.45) is 0 Å². The van der Waals surface area contributed by atoms with Crippen molar-refractivity contribution in [2.75, 3.05) is 5.73 Å². The van der Waals surface area contributed by atoms with E-state index in [1.807, 2.05) is 42.5 Å². The first-order valence-electron chi connectivity index (χ1n) is 6.88. The Kier molecular flexibility index (Phi) is 5.26. The maximum absolute atomic E-state index is 12.4. The third kappa shape index (κ3) is 3.82. The van der Waals surface area contributed by atoms with E-state index < -0.39 is 10.0 Å². The Balaban J connectivity index is 0.00000192. The zero-order valence-corrected chi connectivity index (χ0v) is 13.9. The first-order chi connectivity index (χ1) is 10.6. The van der Waals surface area contributed by atoms with E-state index in [9.17, 15) is 8.42 Å². The van der Waals surface area contributed by atoms with Crippen molar-refractivity contribution in [1.29, 1.82) is 0 Å². The standard InChI is InChI=1S/C17H16N2O2S.ClH/c18-17-8-4-7-14-11-15(9-10-16(14)17)22(20,21)19-12-13-5-2-1-3-6-13;/h1-11,19H,12,18H2;1H. The molecule has 3 N–H and O–H groups in total. The molecule has 4 nitrogen and oxygen atoms in total. The van der Waals surface area contributed by atoms with Gasteiger partial charge in [-0.1, -0.05) is 48.5 Å². The summed E-state index contributed by atoms with van der Waals surface area (Å²) in [6, 6.07) is 19.8. The number of halogens is 1. The first kappa shape index (κ1) is 17.3. The van der Waals surface area contributed by atoms with E-state index in [1.54, 1.807) is 24.3 Å². The average Bonchev–Trinajstić information content (AvgIpc) is 2.54. The van der Waals surface area contributed by atoms with Crippen molar-refractivity contribution < 1.29 is 8.42 Å². The molecule has 0 aliphatic heterocycles. The van der Waals surface area contributed by atoms with Crippen LogP contribution in [0.25, 0.3) is 10.8 Å². The van der Waals surface area contributed by atoms with Crippen LogP contribution in [0.4, 0.5) is 5.69 Å². The highest BCUT2D eigenvalue weighted by Gasteiger charge is 2.14. The predicted molar refractivity (Wildman–Crippen MR) is 96.1 cm³/mol. The fraction of sp³-hybridized carbons (Fsp3) is 0.0588. The van der Waals surface area contributed by atoms with Gasteiger partial charge in [0.05, 0.1) is 4.90 Å². The molecule has 0 atom stereocenters. The lowest BCUT2D eigenvalue weighted by Gasteiger charge is -2.09. The number of rotatable bonds is 4. The van der Waals surface area contributed by atoms with Crippen LogP contribution in [-0.4, -0.2) is 8.42 Å². The summed E-state index contributed by atoms with van der Waals surface area (Å²) in [6.07, 6.45) is 0. The Morgan fingerprint density at radius 3 is 2.39 bits per heavy atom. The van der Waals surface area contributed by atoms with Gasteiger partial charge in [-0.15, -0.1) is 12.4 Å². The molecule has 0 saturated carbocycles. The molecule has 6 heteroatoms. The normalized spacial score (nSPS) is 11.1. The summed E-state index contributed by atoms with van der Waals surface area (Å²) >= 11 is 0. The third-order valence-corrected chi connectivity index (χ3v) is 4.90. The van der Waals surface area contributed by atoms with Gasteiger partial charge in [-0.2, -0.15) is 0 Å². The van der Waals surface area contributed by atoms with E-state index >= 15 is 0 Å². The van der Waals surface area contributed by atoms with E-state index in [1.165, 1.54) is 0 Å². The van der Waals surface area contributed by atoms with Crippen LogP contribution < -0.4 is 10.5 Å². The van der Waals surface area contributed by atoms with E-state index in [0.29, 0.717) is 5.69 Å². The van der Waals surface area contributed by atoms with Crippen LogP contribution in [0.15, 0.2) is 71.6 Å². The smallest absolute Gasteiger partial charge is 0.240 e. The van der Waals surface area contributed by atoms with Crippen molar-refractivity contribution in [2.45, 2.75) is 11.4 Å². The van der Waals surface area contributed by atoms with Gasteiger partial charge in [0.1, 0.15) is 0 Å². The monoisotopic (exact) mass is 348 g/mol. The molecule has 0 bridgehead atoms. The molecule has 0 saturated heterocycles. The molecule has 0 spiro atoms. The molecule has 0 amide bonds. The largest absolute Gasteiger partial charge is 0.398 e. The maximum atomic E-state index is 12.4. The third-order valence-electron chi connectivity index (χ3n) is 3.51. The van der Waals surface area contributed by atoms with Gasteiger partial charge < -0.3 is 5.73 Å². The highest BCUT2D eigenvalue weighted by atomic mass is 35.5. The fourth-order valence-corrected chi connectivity index (χ4v) is 3.36. The number of hydrogen-bond donors (Lipinski definition) is 2. The molecule has 0 fully saturated rings. The van der Waals surface area contributed by atoms with E-state index in [-0.39, 0.29) is 23.8 Å². The summed E-state index contributed by atoms with van der Waals surface area (Å²) in [5.74, 6) is 0. The van der Waals surface area contributed by atoms with E-state index in [0.717, 1.165) is 16.3 Å². The molecular weight excluding hydrogens is 332 g/mol. The molecule has 120 valence electrons. The first-order valence-corrected chi connectivity index (χ1v) is 8.36. The number of benzene rings is 3. The minimum absolute atomic E-state index is 0. The molecule has 3 aromatic carbocycles. The second kappa shape index (κ2) is 7.00. The highest BCUT2D eigenvalue weighted by Crippen LogP contribution is 2.23. The Bertz CT molecular complexity index is 912. The molecular formula is C17H17ClN2O2S. The Labute approximate surface area is 141 Å². The molecule has 0 unspecified atom stereocenters. The Hall–Kier alpha value is -2.08. The molecule has 0 aliphatic rings. The second-order valence-electron chi connectivity index (χ2n) is 5.04. The van der Waals surface area contributed by atoms with Crippen LogP contribution in [0.5, 0.6) is 0 Å². The van der Waals surface area contributed by atoms with E-state index in [2.05, 4.69) is 4.72 Å². The number of nitrogens with one attached hydrogen (secondary N) is 1. The van der Waals surface area contributed by atoms with Gasteiger partial charge in [-0.3, -0.25) is 0 Å². The van der Waals surface area contributed by atoms with Crippen molar-refractivity contribution in [3.63, 3.8) is 0 Å². The quantitative estimate of drug-likeness (QED) is 0.710. The van der Waals surface area contributed by atoms with Gasteiger partial charge >= 0.3 is 0 Å². The maximum Gasteiger partial charge on any atom is 0.240 e. The van der Waals surface area contributed by atoms with Gasteiger partial charge in [0.2, 0.25) is 10.0 Å². The summed E-state index contributed by atoms with van der Waals surface area (Å²) in [7, 11) is -3.55. The van der Waals surface area contributed by atoms with Gasteiger partial charge in [0, 0.05) is 17.6 Å². The second-order valence-corrected chi connectivity index (χ2v) is 6.81. The molecule has 0 aliphatic carbocycles. The molecule has 3 aromatic rings. The lowest BCUT2D eigenvalue weighted by molar-refractivity contribution is 0.581. The van der Waals surface area contributed by atoms with Crippen LogP contribution in [-0.2, 0) is 16.6 Å². The lowest BCUT2D eigenvalue weighted by atomic mass is 10.1. The number of fused-ring (bicyclic) bond motifs is 1. The zero-order chi connectivity index (χ0) is 15.6. The zero-order valence-electron chi connectivity index (χ0n) is 12.3. The van der Waals surface area contributed by atoms with Crippen LogP contribution in [0.2, 0.25) is 0 Å². The summed E-state index contributed by atoms with van der Waals surface area (Å²) in [6.45, 7) is 0.262. The number of nitrogen functional groups attached to an aromatic ring is 1. The van der Waals surface area contributed by atoms with Crippen molar-refractivity contribution in [1.82, 2.24) is 4.72 Å². The molecule has 0 heterocycles. The summed E-state index contributed by atoms with van der Waals surface area (Å²) in [5.41, 5.74) is 7.44. The van der Waals surface area contributed by atoms with Gasteiger partial charge in [0.25, 0.3) is 0 Å². The molecule has 0 radical (unpaired) electrons. The van der Waals surface area contributed by atoms with E-state index in [4.69, 9.17) is 5.73 Å². The molecule has 23 heavy (non-hydrogen) atoms. The number of anilines is 1. The summed E-state index contributed by atoms with van der Waals surface area (Å²) < 4.78 is 27.4. The molecule has 0 aromatic heterocycles. The molecule has 3 rings (SSSR count). The predicted octanol–water partition coefficient (Wildman–Crippen LogP) is 3.32. The lowest BCUT2D eigenvalue weighted by Crippen LogP contribution is -2.23. The minimum Gasteiger partial charge on any atom is -0.398 e. The van der Waals surface area contributed by atoms with Crippen LogP contribution in [0.1, 0.15) is 5.56 Å². The van der Waals surface area contributed by atoms with Gasteiger partial charge in [-0.25, -0.2) is 13.1 Å². The van der Waals surface area contributed by atoms with Crippen LogP contribution in [0, 0.1) is 0 Å². The van der Waals surface area contributed by atoms with Crippen molar-refractivity contribution in [3.8, 4) is 0 Å². The fourth-order valence-electron chi connectivity index (χ4n) is 2.31. The highest BCUT2D eigenvalue weighted by molar-refractivity contribution is 7.89. The van der Waals surface area contributed by atoms with Crippen LogP contribution >= 0.6 is 12.4 Å². The summed E-state index contributed by atoms with van der Waals surface area (Å²) in [5, 5.41) is 1.66. The van der Waals surface area contributed by atoms with Crippen molar-refractivity contribution in [3.05, 3.63) is 72.3 Å². The van der Waals surface area contributed by atoms with Gasteiger partial charge in [-0.05, 0) is 29.1 Å². The number of sulfonamides is 1. The number of nitrogens with two attached hydrogens (primary N) is 1. The van der Waals surface area contributed by atoms with Crippen LogP contribution in [0.3, 0.4) is 0 Å². The minimum atomic E-state index is -3.55. The summed E-state index contributed by atoms with van der Waals surface area (Å²) in [4.78, 5) is 0.238. The van der Waals surface area contributed by atoms with Crippen molar-refractivity contribution >= 4 is 38.9 Å². The Morgan fingerprint density at radius 1 is 0.913 bits per heavy atom.